The summed E-state index contributed by atoms with van der Waals surface area (Å²) in [5.41, 5.74) is 1.53. The Labute approximate surface area is 153 Å². The van der Waals surface area contributed by atoms with Gasteiger partial charge in [0.05, 0.1) is 19.1 Å². The number of hydrogen-bond acceptors (Lipinski definition) is 4. The summed E-state index contributed by atoms with van der Waals surface area (Å²) in [7, 11) is 1.61. The summed E-state index contributed by atoms with van der Waals surface area (Å²) in [5.74, 6) is 0.743. The molecule has 1 N–H and O–H groups in total. The predicted octanol–water partition coefficient (Wildman–Crippen LogP) is 2.05. The molecule has 26 heavy (non-hydrogen) atoms. The van der Waals surface area contributed by atoms with Crippen molar-refractivity contribution in [3.8, 4) is 5.75 Å². The quantitative estimate of drug-likeness (QED) is 0.893. The van der Waals surface area contributed by atoms with Gasteiger partial charge < -0.3 is 15.0 Å². The molecule has 1 fully saturated rings. The summed E-state index contributed by atoms with van der Waals surface area (Å²) in [4.78, 5) is 30.5. The van der Waals surface area contributed by atoms with E-state index in [1.807, 2.05) is 29.2 Å². The Balaban J connectivity index is 1.47. The lowest BCUT2D eigenvalue weighted by Gasteiger charge is -2.32. The molecule has 1 aliphatic heterocycles. The highest BCUT2D eigenvalue weighted by molar-refractivity contribution is 5.93. The lowest BCUT2D eigenvalue weighted by molar-refractivity contribution is -0.121. The van der Waals surface area contributed by atoms with Gasteiger partial charge in [-0.3, -0.25) is 14.6 Å². The van der Waals surface area contributed by atoms with E-state index in [4.69, 9.17) is 4.74 Å². The Morgan fingerprint density at radius 2 is 2.04 bits per heavy atom. The van der Waals surface area contributed by atoms with Crippen LogP contribution in [0.5, 0.6) is 5.75 Å². The monoisotopic (exact) mass is 353 g/mol. The van der Waals surface area contributed by atoms with Crippen molar-refractivity contribution in [3.63, 3.8) is 0 Å². The van der Waals surface area contributed by atoms with Gasteiger partial charge >= 0.3 is 0 Å². The Hall–Kier alpha value is -2.89. The highest BCUT2D eigenvalue weighted by atomic mass is 16.5. The van der Waals surface area contributed by atoms with Crippen LogP contribution in [0.15, 0.2) is 48.8 Å². The van der Waals surface area contributed by atoms with Crippen molar-refractivity contribution in [3.05, 3.63) is 59.9 Å². The molecular weight excluding hydrogens is 330 g/mol. The number of pyridine rings is 1. The third-order valence-corrected chi connectivity index (χ3v) is 4.55. The largest absolute Gasteiger partial charge is 0.497 e. The molecule has 6 heteroatoms. The summed E-state index contributed by atoms with van der Waals surface area (Å²) >= 11 is 0. The molecule has 1 aliphatic rings. The molecule has 1 saturated heterocycles. The fraction of sp³-hybridized carbons (Fsp3) is 0.350. The minimum absolute atomic E-state index is 0.000688. The van der Waals surface area contributed by atoms with Gasteiger partial charge in [0.2, 0.25) is 5.91 Å². The molecule has 0 saturated carbocycles. The number of aromatic nitrogens is 1. The van der Waals surface area contributed by atoms with Crippen LogP contribution < -0.4 is 10.1 Å². The minimum atomic E-state index is -0.00436. The van der Waals surface area contributed by atoms with E-state index in [0.717, 1.165) is 24.2 Å². The molecule has 0 aliphatic carbocycles. The number of hydrogen-bond donors (Lipinski definition) is 1. The first-order valence-electron chi connectivity index (χ1n) is 8.77. The SMILES string of the molecule is COc1cccc(CC(=O)NC2CCN(C(=O)c3cccnc3)CC2)c1. The van der Waals surface area contributed by atoms with Gasteiger partial charge in [0, 0.05) is 31.5 Å². The fourth-order valence-corrected chi connectivity index (χ4v) is 3.15. The van der Waals surface area contributed by atoms with E-state index in [-0.39, 0.29) is 17.9 Å². The Bertz CT molecular complexity index is 756. The van der Waals surface area contributed by atoms with Crippen LogP contribution in [0.1, 0.15) is 28.8 Å². The number of carbonyl (C=O) groups is 2. The topological polar surface area (TPSA) is 71.5 Å². The first-order valence-corrected chi connectivity index (χ1v) is 8.77. The highest BCUT2D eigenvalue weighted by Gasteiger charge is 2.24. The van der Waals surface area contributed by atoms with Crippen molar-refractivity contribution in [1.82, 2.24) is 15.2 Å². The van der Waals surface area contributed by atoms with E-state index >= 15 is 0 Å². The molecule has 1 aromatic carbocycles. The van der Waals surface area contributed by atoms with Crippen molar-refractivity contribution in [2.45, 2.75) is 25.3 Å². The number of benzene rings is 1. The summed E-state index contributed by atoms with van der Waals surface area (Å²) in [5, 5.41) is 3.07. The smallest absolute Gasteiger partial charge is 0.255 e. The molecule has 6 nitrogen and oxygen atoms in total. The summed E-state index contributed by atoms with van der Waals surface area (Å²) in [6.07, 6.45) is 5.09. The normalized spacial score (nSPS) is 14.7. The van der Waals surface area contributed by atoms with Crippen LogP contribution in [0, 0.1) is 0 Å². The number of ether oxygens (including phenoxy) is 1. The first-order chi connectivity index (χ1) is 12.7. The maximum absolute atomic E-state index is 12.4. The number of piperidine rings is 1. The number of likely N-dealkylation sites (tertiary alicyclic amines) is 1. The van der Waals surface area contributed by atoms with Gasteiger partial charge in [0.1, 0.15) is 5.75 Å². The average molecular weight is 353 g/mol. The third kappa shape index (κ3) is 4.59. The zero-order chi connectivity index (χ0) is 18.4. The van der Waals surface area contributed by atoms with Crippen molar-refractivity contribution in [1.29, 1.82) is 0 Å². The number of carbonyl (C=O) groups excluding carboxylic acids is 2. The molecule has 2 aromatic rings. The Kier molecular flexibility index (Phi) is 5.84. The van der Waals surface area contributed by atoms with Gasteiger partial charge in [-0.25, -0.2) is 0 Å². The predicted molar refractivity (Wildman–Crippen MR) is 98.0 cm³/mol. The van der Waals surface area contributed by atoms with Gasteiger partial charge in [-0.15, -0.1) is 0 Å². The summed E-state index contributed by atoms with van der Waals surface area (Å²) < 4.78 is 5.18. The molecule has 2 heterocycles. The molecule has 0 bridgehead atoms. The second-order valence-electron chi connectivity index (χ2n) is 6.40. The lowest BCUT2D eigenvalue weighted by Crippen LogP contribution is -2.46. The van der Waals surface area contributed by atoms with E-state index in [1.54, 1.807) is 31.6 Å². The lowest BCUT2D eigenvalue weighted by atomic mass is 10.0. The van der Waals surface area contributed by atoms with Crippen LogP contribution in [0.2, 0.25) is 0 Å². The van der Waals surface area contributed by atoms with Crippen molar-refractivity contribution >= 4 is 11.8 Å². The van der Waals surface area contributed by atoms with Crippen LogP contribution in [0.4, 0.5) is 0 Å². The maximum Gasteiger partial charge on any atom is 0.255 e. The number of nitrogens with one attached hydrogen (secondary N) is 1. The maximum atomic E-state index is 12.4. The minimum Gasteiger partial charge on any atom is -0.497 e. The van der Waals surface area contributed by atoms with Crippen LogP contribution in [-0.2, 0) is 11.2 Å². The van der Waals surface area contributed by atoms with Gasteiger partial charge in [0.25, 0.3) is 5.91 Å². The number of methoxy groups -OCH3 is 1. The molecule has 0 spiro atoms. The summed E-state index contributed by atoms with van der Waals surface area (Å²) in [6.45, 7) is 1.27. The van der Waals surface area contributed by atoms with Crippen molar-refractivity contribution in [2.75, 3.05) is 20.2 Å². The molecular formula is C20H23N3O3. The fourth-order valence-electron chi connectivity index (χ4n) is 3.15. The third-order valence-electron chi connectivity index (χ3n) is 4.55. The van der Waals surface area contributed by atoms with Crippen LogP contribution in [-0.4, -0.2) is 47.9 Å². The summed E-state index contributed by atoms with van der Waals surface area (Å²) in [6, 6.07) is 11.2. The van der Waals surface area contributed by atoms with Gasteiger partial charge in [-0.05, 0) is 42.7 Å². The van der Waals surface area contributed by atoms with Gasteiger partial charge in [-0.1, -0.05) is 12.1 Å². The van der Waals surface area contributed by atoms with E-state index in [9.17, 15) is 9.59 Å². The first kappa shape index (κ1) is 17.9. The molecule has 0 unspecified atom stereocenters. The molecule has 2 amide bonds. The van der Waals surface area contributed by atoms with E-state index in [2.05, 4.69) is 10.3 Å². The van der Waals surface area contributed by atoms with Gasteiger partial charge in [0.15, 0.2) is 0 Å². The number of nitrogens with zero attached hydrogens (tertiary/aromatic N) is 2. The molecule has 1 aromatic heterocycles. The van der Waals surface area contributed by atoms with E-state index < -0.39 is 0 Å². The second kappa shape index (κ2) is 8.47. The van der Waals surface area contributed by atoms with Crippen LogP contribution in [0.3, 0.4) is 0 Å². The number of amides is 2. The Morgan fingerprint density at radius 1 is 1.23 bits per heavy atom. The molecule has 136 valence electrons. The standard InChI is InChI=1S/C20H23N3O3/c1-26-18-6-2-4-15(12-18)13-19(24)22-17-7-10-23(11-8-17)20(25)16-5-3-9-21-14-16/h2-6,9,12,14,17H,7-8,10-11,13H2,1H3,(H,22,24). The zero-order valence-electron chi connectivity index (χ0n) is 14.9. The number of rotatable bonds is 5. The van der Waals surface area contributed by atoms with Crippen molar-refractivity contribution < 1.29 is 14.3 Å². The molecule has 0 radical (unpaired) electrons. The molecule has 0 atom stereocenters. The van der Waals surface area contributed by atoms with E-state index in [0.29, 0.717) is 25.1 Å². The van der Waals surface area contributed by atoms with Gasteiger partial charge in [-0.2, -0.15) is 0 Å². The zero-order valence-corrected chi connectivity index (χ0v) is 14.9. The van der Waals surface area contributed by atoms with Crippen LogP contribution in [0.25, 0.3) is 0 Å². The van der Waals surface area contributed by atoms with Crippen molar-refractivity contribution in [2.24, 2.45) is 0 Å². The Morgan fingerprint density at radius 3 is 2.73 bits per heavy atom. The second-order valence-corrected chi connectivity index (χ2v) is 6.40. The van der Waals surface area contributed by atoms with E-state index in [1.165, 1.54) is 0 Å². The molecule has 3 rings (SSSR count). The van der Waals surface area contributed by atoms with Crippen LogP contribution >= 0.6 is 0 Å². The highest BCUT2D eigenvalue weighted by Crippen LogP contribution is 2.15. The average Bonchev–Trinajstić information content (AvgIpc) is 2.69.